The zero-order valence-electron chi connectivity index (χ0n) is 51.3. The van der Waals surface area contributed by atoms with Gasteiger partial charge < -0.3 is 14.2 Å². The van der Waals surface area contributed by atoms with Gasteiger partial charge in [0, 0.05) is 19.3 Å². The summed E-state index contributed by atoms with van der Waals surface area (Å²) in [5.74, 6) is -0.931. The fraction of sp³-hybridized carbons (Fsp3) is 0.658. The summed E-state index contributed by atoms with van der Waals surface area (Å²) in [5.41, 5.74) is 0. The van der Waals surface area contributed by atoms with E-state index in [2.05, 4.69) is 154 Å². The Morgan fingerprint density at radius 3 is 0.810 bits per heavy atom. The highest BCUT2D eigenvalue weighted by molar-refractivity contribution is 5.71. The SMILES string of the molecule is CC/C=C\C/C=C\C/C=C\C/C=C\C/C=C\C/C=C\C/C=C\C/C=C\C/C=C\CCCCCC(=O)OCC(COC(=O)CCCCCCCCCCCCCCC)OC(=O)CCCCCCCCC/C=C\C/C=C\CCCCC. The van der Waals surface area contributed by atoms with E-state index in [0.717, 1.165) is 135 Å². The lowest BCUT2D eigenvalue weighted by Crippen LogP contribution is -2.30. The van der Waals surface area contributed by atoms with E-state index in [1.807, 2.05) is 0 Å². The van der Waals surface area contributed by atoms with Crippen molar-refractivity contribution in [1.82, 2.24) is 0 Å². The van der Waals surface area contributed by atoms with Crippen LogP contribution in [0.5, 0.6) is 0 Å². The first kappa shape index (κ1) is 74.5. The van der Waals surface area contributed by atoms with Crippen molar-refractivity contribution in [2.24, 2.45) is 0 Å². The maximum Gasteiger partial charge on any atom is 0.306 e. The van der Waals surface area contributed by atoms with E-state index >= 15 is 0 Å². The maximum absolute atomic E-state index is 12.9. The topological polar surface area (TPSA) is 78.9 Å². The molecule has 448 valence electrons. The first-order valence-corrected chi connectivity index (χ1v) is 32.7. The molecule has 0 aromatic rings. The van der Waals surface area contributed by atoms with Gasteiger partial charge in [0.1, 0.15) is 13.2 Å². The highest BCUT2D eigenvalue weighted by Gasteiger charge is 2.19. The Labute approximate surface area is 487 Å². The van der Waals surface area contributed by atoms with Gasteiger partial charge in [0.15, 0.2) is 6.10 Å². The van der Waals surface area contributed by atoms with Crippen molar-refractivity contribution in [3.05, 3.63) is 134 Å². The van der Waals surface area contributed by atoms with Gasteiger partial charge in [-0.3, -0.25) is 14.4 Å². The molecule has 0 rings (SSSR count). The number of unbranched alkanes of at least 4 members (excludes halogenated alkanes) is 25. The van der Waals surface area contributed by atoms with Crippen molar-refractivity contribution < 1.29 is 28.6 Å². The largest absolute Gasteiger partial charge is 0.462 e. The molecular formula is C73H120O6. The average molecular weight is 1090 g/mol. The fourth-order valence-corrected chi connectivity index (χ4v) is 8.76. The Balaban J connectivity index is 4.39. The molecule has 0 aliphatic carbocycles. The highest BCUT2D eigenvalue weighted by atomic mass is 16.6. The molecule has 0 aromatic carbocycles. The lowest BCUT2D eigenvalue weighted by atomic mass is 10.0. The summed E-state index contributed by atoms with van der Waals surface area (Å²) in [4.78, 5) is 38.3. The predicted octanol–water partition coefficient (Wildman–Crippen LogP) is 22.5. The van der Waals surface area contributed by atoms with Crippen molar-refractivity contribution >= 4 is 17.9 Å². The normalized spacial score (nSPS) is 13.0. The van der Waals surface area contributed by atoms with Gasteiger partial charge in [-0.05, 0) is 122 Å². The lowest BCUT2D eigenvalue weighted by molar-refractivity contribution is -0.167. The molecule has 0 saturated heterocycles. The van der Waals surface area contributed by atoms with Gasteiger partial charge >= 0.3 is 17.9 Å². The highest BCUT2D eigenvalue weighted by Crippen LogP contribution is 2.15. The third-order valence-electron chi connectivity index (χ3n) is 13.6. The average Bonchev–Trinajstić information content (AvgIpc) is 3.45. The third-order valence-corrected chi connectivity index (χ3v) is 13.6. The molecule has 79 heavy (non-hydrogen) atoms. The van der Waals surface area contributed by atoms with E-state index in [0.29, 0.717) is 19.3 Å². The first-order chi connectivity index (χ1) is 39.0. The van der Waals surface area contributed by atoms with Crippen LogP contribution in [-0.4, -0.2) is 37.2 Å². The molecule has 1 atom stereocenters. The number of carbonyl (C=O) groups excluding carboxylic acids is 3. The summed E-state index contributed by atoms with van der Waals surface area (Å²) in [6.45, 7) is 6.48. The number of esters is 3. The Hall–Kier alpha value is -4.45. The second kappa shape index (κ2) is 66.1. The minimum atomic E-state index is -0.800. The Kier molecular flexibility index (Phi) is 62.3. The smallest absolute Gasteiger partial charge is 0.306 e. The monoisotopic (exact) mass is 1090 g/mol. The van der Waals surface area contributed by atoms with Crippen LogP contribution in [0.25, 0.3) is 0 Å². The molecule has 0 aromatic heterocycles. The second-order valence-electron chi connectivity index (χ2n) is 21.3. The lowest BCUT2D eigenvalue weighted by Gasteiger charge is -2.18. The van der Waals surface area contributed by atoms with Gasteiger partial charge in [-0.1, -0.05) is 283 Å². The van der Waals surface area contributed by atoms with E-state index in [1.54, 1.807) is 0 Å². The first-order valence-electron chi connectivity index (χ1n) is 32.7. The van der Waals surface area contributed by atoms with Crippen LogP contribution in [0.4, 0.5) is 0 Å². The molecule has 0 spiro atoms. The van der Waals surface area contributed by atoms with Crippen LogP contribution in [0, 0.1) is 0 Å². The number of ether oxygens (including phenoxy) is 3. The molecule has 0 N–H and O–H groups in total. The van der Waals surface area contributed by atoms with Crippen LogP contribution in [0.3, 0.4) is 0 Å². The second-order valence-corrected chi connectivity index (χ2v) is 21.3. The molecule has 0 aliphatic heterocycles. The number of hydrogen-bond acceptors (Lipinski definition) is 6. The molecule has 0 amide bonds. The summed E-state index contributed by atoms with van der Waals surface area (Å²) in [7, 11) is 0. The number of allylic oxidation sites excluding steroid dienone is 22. The van der Waals surface area contributed by atoms with Gasteiger partial charge in [-0.2, -0.15) is 0 Å². The van der Waals surface area contributed by atoms with Crippen molar-refractivity contribution in [1.29, 1.82) is 0 Å². The van der Waals surface area contributed by atoms with Gasteiger partial charge in [-0.15, -0.1) is 0 Å². The van der Waals surface area contributed by atoms with Crippen molar-refractivity contribution in [3.8, 4) is 0 Å². The summed E-state index contributed by atoms with van der Waals surface area (Å²) in [5, 5.41) is 0. The summed E-state index contributed by atoms with van der Waals surface area (Å²) >= 11 is 0. The van der Waals surface area contributed by atoms with Crippen LogP contribution < -0.4 is 0 Å². The van der Waals surface area contributed by atoms with Crippen LogP contribution in [0.2, 0.25) is 0 Å². The summed E-state index contributed by atoms with van der Waals surface area (Å²) in [6.07, 6.45) is 93.1. The minimum Gasteiger partial charge on any atom is -0.462 e. The quantitative estimate of drug-likeness (QED) is 0.0261. The van der Waals surface area contributed by atoms with Crippen molar-refractivity contribution in [2.75, 3.05) is 13.2 Å². The van der Waals surface area contributed by atoms with Gasteiger partial charge in [0.2, 0.25) is 0 Å². The Bertz CT molecular complexity index is 1680. The zero-order valence-corrected chi connectivity index (χ0v) is 51.3. The molecule has 0 fully saturated rings. The number of rotatable bonds is 58. The van der Waals surface area contributed by atoms with E-state index in [4.69, 9.17) is 14.2 Å². The molecule has 6 nitrogen and oxygen atoms in total. The molecule has 1 unspecified atom stereocenters. The van der Waals surface area contributed by atoms with E-state index in [-0.39, 0.29) is 31.1 Å². The van der Waals surface area contributed by atoms with Crippen LogP contribution in [0.1, 0.15) is 290 Å². The van der Waals surface area contributed by atoms with Gasteiger partial charge in [0.05, 0.1) is 0 Å². The summed E-state index contributed by atoms with van der Waals surface area (Å²) < 4.78 is 16.9. The third kappa shape index (κ3) is 64.3. The van der Waals surface area contributed by atoms with Gasteiger partial charge in [0.25, 0.3) is 0 Å². The molecule has 6 heteroatoms. The molecule has 0 saturated carbocycles. The van der Waals surface area contributed by atoms with Crippen LogP contribution >= 0.6 is 0 Å². The van der Waals surface area contributed by atoms with E-state index in [1.165, 1.54) is 116 Å². The molecule has 0 radical (unpaired) electrons. The van der Waals surface area contributed by atoms with Gasteiger partial charge in [-0.25, -0.2) is 0 Å². The molecule has 0 aliphatic rings. The summed E-state index contributed by atoms with van der Waals surface area (Å²) in [6, 6.07) is 0. The Morgan fingerprint density at radius 2 is 0.494 bits per heavy atom. The number of hydrogen-bond donors (Lipinski definition) is 0. The fourth-order valence-electron chi connectivity index (χ4n) is 8.76. The predicted molar refractivity (Wildman–Crippen MR) is 343 cm³/mol. The molecular weight excluding hydrogens is 973 g/mol. The molecule has 0 bridgehead atoms. The van der Waals surface area contributed by atoms with Crippen molar-refractivity contribution in [3.63, 3.8) is 0 Å². The zero-order chi connectivity index (χ0) is 57.1. The molecule has 0 heterocycles. The standard InChI is InChI=1S/C73H120O6/c1-4-7-10-13-16-19-22-25-27-29-30-31-32-33-34-35-36-37-38-39-40-41-42-44-45-48-51-54-57-60-63-66-72(75)78-69-70(68-77-71(74)65-62-59-56-53-50-47-24-21-18-15-12-9-6-3)79-73(76)67-64-61-58-55-52-49-46-43-28-26-23-20-17-14-11-8-5-2/h7,10,16-17,19-20,25-28,30-31,33-34,36-37,39-40,42,44,48,51,70H,4-6,8-9,11-15,18,21-24,29,32,35,38,41,43,45-47,49-50,52-69H2,1-3H3/b10-7-,19-16-,20-17-,27-25-,28-26-,31-30-,34-33-,37-36-,40-39-,44-42-,51-48-. The van der Waals surface area contributed by atoms with Crippen LogP contribution in [0.15, 0.2) is 134 Å². The van der Waals surface area contributed by atoms with Crippen LogP contribution in [-0.2, 0) is 28.6 Å². The number of carbonyl (C=O) groups is 3. The van der Waals surface area contributed by atoms with Crippen molar-refractivity contribution in [2.45, 2.75) is 297 Å². The van der Waals surface area contributed by atoms with E-state index in [9.17, 15) is 14.4 Å². The minimum absolute atomic E-state index is 0.0927. The van der Waals surface area contributed by atoms with E-state index < -0.39 is 6.10 Å². The Morgan fingerprint density at radius 1 is 0.266 bits per heavy atom. The maximum atomic E-state index is 12.9.